The van der Waals surface area contributed by atoms with Gasteiger partial charge in [0, 0.05) is 24.6 Å². The van der Waals surface area contributed by atoms with Gasteiger partial charge < -0.3 is 19.6 Å². The zero-order chi connectivity index (χ0) is 15.7. The Balaban J connectivity index is 1.77. The maximum Gasteiger partial charge on any atom is 0.266 e. The third-order valence-electron chi connectivity index (χ3n) is 3.49. The molecule has 1 aliphatic heterocycles. The number of halogens is 1. The minimum absolute atomic E-state index is 0.00248. The molecule has 0 aliphatic carbocycles. The number of H-pyrrole nitrogens is 2. The summed E-state index contributed by atoms with van der Waals surface area (Å²) in [5.74, 6) is 0.504. The first-order valence-corrected chi connectivity index (χ1v) is 7.23. The molecule has 1 fully saturated rings. The van der Waals surface area contributed by atoms with Gasteiger partial charge in [0.25, 0.3) is 11.5 Å². The number of amides is 1. The number of carbonyl (C=O) groups is 1. The Labute approximate surface area is 131 Å². The van der Waals surface area contributed by atoms with E-state index in [0.717, 1.165) is 5.69 Å². The highest BCUT2D eigenvalue weighted by Gasteiger charge is 2.28. The summed E-state index contributed by atoms with van der Waals surface area (Å²) < 4.78 is 5.66. The van der Waals surface area contributed by atoms with Gasteiger partial charge in [0.05, 0.1) is 18.7 Å². The molecule has 7 nitrogen and oxygen atoms in total. The quantitative estimate of drug-likeness (QED) is 0.871. The maximum absolute atomic E-state index is 12.5. The number of aryl methyl sites for hydroxylation is 1. The standard InChI is InChI=1S/C14H15ClN4O3/c1-8-5-16-12(18-8)11-7-19(2-3-22-11)14(21)9-4-10(15)13(20)17-6-9/h4-6,11H,2-3,7H2,1H3,(H,16,18)(H,17,20)/t11-/m0/s1. The molecule has 1 aliphatic rings. The molecule has 2 aromatic heterocycles. The lowest BCUT2D eigenvalue weighted by atomic mass is 10.2. The summed E-state index contributed by atoms with van der Waals surface area (Å²) in [4.78, 5) is 35.2. The number of morpholine rings is 1. The Morgan fingerprint density at radius 2 is 2.36 bits per heavy atom. The van der Waals surface area contributed by atoms with E-state index in [9.17, 15) is 9.59 Å². The van der Waals surface area contributed by atoms with E-state index in [-0.39, 0.29) is 17.0 Å². The van der Waals surface area contributed by atoms with Crippen LogP contribution in [0, 0.1) is 6.92 Å². The molecule has 0 saturated carbocycles. The van der Waals surface area contributed by atoms with Crippen molar-refractivity contribution in [2.24, 2.45) is 0 Å². The third-order valence-corrected chi connectivity index (χ3v) is 3.77. The summed E-state index contributed by atoms with van der Waals surface area (Å²) in [6.45, 7) is 3.20. The first kappa shape index (κ1) is 14.8. The van der Waals surface area contributed by atoms with Crippen molar-refractivity contribution in [3.05, 3.63) is 50.9 Å². The van der Waals surface area contributed by atoms with E-state index in [0.29, 0.717) is 31.1 Å². The van der Waals surface area contributed by atoms with Crippen molar-refractivity contribution in [3.8, 4) is 0 Å². The summed E-state index contributed by atoms with van der Waals surface area (Å²) in [6.07, 6.45) is 2.81. The minimum Gasteiger partial charge on any atom is -0.367 e. The first-order valence-electron chi connectivity index (χ1n) is 6.85. The summed E-state index contributed by atoms with van der Waals surface area (Å²) in [6, 6.07) is 1.38. The van der Waals surface area contributed by atoms with Gasteiger partial charge in [-0.25, -0.2) is 4.98 Å². The predicted molar refractivity (Wildman–Crippen MR) is 80.0 cm³/mol. The van der Waals surface area contributed by atoms with Gasteiger partial charge in [-0.3, -0.25) is 9.59 Å². The van der Waals surface area contributed by atoms with Gasteiger partial charge >= 0.3 is 0 Å². The summed E-state index contributed by atoms with van der Waals surface area (Å²) in [7, 11) is 0. The lowest BCUT2D eigenvalue weighted by Gasteiger charge is -2.32. The van der Waals surface area contributed by atoms with Crippen molar-refractivity contribution in [2.45, 2.75) is 13.0 Å². The molecule has 22 heavy (non-hydrogen) atoms. The lowest BCUT2D eigenvalue weighted by Crippen LogP contribution is -2.42. The van der Waals surface area contributed by atoms with Crippen molar-refractivity contribution in [2.75, 3.05) is 19.7 Å². The van der Waals surface area contributed by atoms with E-state index in [1.165, 1.54) is 12.3 Å². The number of aromatic amines is 2. The fourth-order valence-electron chi connectivity index (χ4n) is 2.36. The molecule has 0 spiro atoms. The molecule has 0 radical (unpaired) electrons. The molecule has 2 aromatic rings. The summed E-state index contributed by atoms with van der Waals surface area (Å²) in [5, 5.41) is -0.00248. The summed E-state index contributed by atoms with van der Waals surface area (Å²) >= 11 is 5.77. The van der Waals surface area contributed by atoms with Crippen LogP contribution in [0.15, 0.2) is 23.3 Å². The number of hydrogen-bond donors (Lipinski definition) is 2. The van der Waals surface area contributed by atoms with E-state index < -0.39 is 5.56 Å². The molecule has 2 N–H and O–H groups in total. The van der Waals surface area contributed by atoms with Gasteiger partial charge in [0.2, 0.25) is 0 Å². The molecule has 3 heterocycles. The average Bonchev–Trinajstić information content (AvgIpc) is 2.96. The van der Waals surface area contributed by atoms with Crippen LogP contribution in [0.25, 0.3) is 0 Å². The molecule has 0 aromatic carbocycles. The number of hydrogen-bond acceptors (Lipinski definition) is 4. The highest BCUT2D eigenvalue weighted by Crippen LogP contribution is 2.21. The SMILES string of the molecule is Cc1cnc([C@@H]2CN(C(=O)c3c[nH]c(=O)c(Cl)c3)CCO2)[nH]1. The molecule has 8 heteroatoms. The van der Waals surface area contributed by atoms with Crippen LogP contribution in [-0.4, -0.2) is 45.5 Å². The first-order chi connectivity index (χ1) is 10.5. The fourth-order valence-corrected chi connectivity index (χ4v) is 2.53. The molecule has 0 unspecified atom stereocenters. The number of imidazole rings is 1. The molecular formula is C14H15ClN4O3. The zero-order valence-electron chi connectivity index (χ0n) is 11.9. The lowest BCUT2D eigenvalue weighted by molar-refractivity contribution is -0.0264. The van der Waals surface area contributed by atoms with Crippen molar-refractivity contribution in [3.63, 3.8) is 0 Å². The number of pyridine rings is 1. The monoisotopic (exact) mass is 322 g/mol. The van der Waals surface area contributed by atoms with E-state index in [2.05, 4.69) is 15.0 Å². The molecule has 0 bridgehead atoms. The minimum atomic E-state index is -0.413. The van der Waals surface area contributed by atoms with Crippen molar-refractivity contribution in [1.29, 1.82) is 0 Å². The third kappa shape index (κ3) is 2.90. The topological polar surface area (TPSA) is 91.1 Å². The van der Waals surface area contributed by atoms with Crippen LogP contribution in [0.3, 0.4) is 0 Å². The number of ether oxygens (including phenoxy) is 1. The van der Waals surface area contributed by atoms with Gasteiger partial charge in [-0.15, -0.1) is 0 Å². The fraction of sp³-hybridized carbons (Fsp3) is 0.357. The Morgan fingerprint density at radius 1 is 1.55 bits per heavy atom. The van der Waals surface area contributed by atoms with Crippen molar-refractivity contribution in [1.82, 2.24) is 19.9 Å². The molecule has 116 valence electrons. The van der Waals surface area contributed by atoms with E-state index in [4.69, 9.17) is 16.3 Å². The smallest absolute Gasteiger partial charge is 0.266 e. The van der Waals surface area contributed by atoms with Gasteiger partial charge in [-0.2, -0.15) is 0 Å². The van der Waals surface area contributed by atoms with Crippen molar-refractivity contribution < 1.29 is 9.53 Å². The summed E-state index contributed by atoms with van der Waals surface area (Å²) in [5.41, 5.74) is 0.875. The predicted octanol–water partition coefficient (Wildman–Crippen LogP) is 1.27. The van der Waals surface area contributed by atoms with Crippen LogP contribution >= 0.6 is 11.6 Å². The van der Waals surface area contributed by atoms with E-state index in [1.807, 2.05) is 6.92 Å². The van der Waals surface area contributed by atoms with Crippen LogP contribution < -0.4 is 5.56 Å². The maximum atomic E-state index is 12.5. The van der Waals surface area contributed by atoms with Gasteiger partial charge in [-0.1, -0.05) is 11.6 Å². The number of nitrogens with one attached hydrogen (secondary N) is 2. The highest BCUT2D eigenvalue weighted by molar-refractivity contribution is 6.30. The number of carbonyl (C=O) groups excluding carboxylic acids is 1. The second kappa shape index (κ2) is 5.94. The second-order valence-electron chi connectivity index (χ2n) is 5.13. The molecular weight excluding hydrogens is 308 g/mol. The molecule has 3 rings (SSSR count). The number of nitrogens with zero attached hydrogens (tertiary/aromatic N) is 2. The van der Waals surface area contributed by atoms with Crippen LogP contribution in [0.1, 0.15) is 28.0 Å². The molecule has 1 saturated heterocycles. The van der Waals surface area contributed by atoms with E-state index in [1.54, 1.807) is 11.1 Å². The van der Waals surface area contributed by atoms with Crippen LogP contribution in [0.2, 0.25) is 5.02 Å². The highest BCUT2D eigenvalue weighted by atomic mass is 35.5. The normalized spacial score (nSPS) is 18.5. The number of rotatable bonds is 2. The van der Waals surface area contributed by atoms with Crippen LogP contribution in [0.5, 0.6) is 0 Å². The van der Waals surface area contributed by atoms with Gasteiger partial charge in [0.1, 0.15) is 17.0 Å². The van der Waals surface area contributed by atoms with Gasteiger partial charge in [0.15, 0.2) is 0 Å². The van der Waals surface area contributed by atoms with E-state index >= 15 is 0 Å². The average molecular weight is 323 g/mol. The Hall–Kier alpha value is -2.12. The molecule has 1 amide bonds. The Kier molecular flexibility index (Phi) is 4.00. The Morgan fingerprint density at radius 3 is 3.05 bits per heavy atom. The zero-order valence-corrected chi connectivity index (χ0v) is 12.7. The van der Waals surface area contributed by atoms with Crippen molar-refractivity contribution >= 4 is 17.5 Å². The second-order valence-corrected chi connectivity index (χ2v) is 5.53. The molecule has 1 atom stereocenters. The van der Waals surface area contributed by atoms with Crippen LogP contribution in [0.4, 0.5) is 0 Å². The number of aromatic nitrogens is 3. The van der Waals surface area contributed by atoms with Crippen LogP contribution in [-0.2, 0) is 4.74 Å². The van der Waals surface area contributed by atoms with Gasteiger partial charge in [-0.05, 0) is 13.0 Å². The largest absolute Gasteiger partial charge is 0.367 e. The Bertz CT molecular complexity index is 755.